The van der Waals surface area contributed by atoms with Crippen LogP contribution in [0, 0.1) is 5.92 Å². The van der Waals surface area contributed by atoms with E-state index in [-0.39, 0.29) is 36.4 Å². The van der Waals surface area contributed by atoms with Crippen LogP contribution in [0.2, 0.25) is 0 Å². The molecule has 4 N–H and O–H groups in total. The summed E-state index contributed by atoms with van der Waals surface area (Å²) in [5.74, 6) is 1.07. The molecule has 1 amide bonds. The van der Waals surface area contributed by atoms with Crippen LogP contribution < -0.4 is 16.4 Å². The Labute approximate surface area is 125 Å². The summed E-state index contributed by atoms with van der Waals surface area (Å²) in [6.45, 7) is 0.933. The van der Waals surface area contributed by atoms with Gasteiger partial charge in [-0.05, 0) is 31.6 Å². The number of nitrogens with one attached hydrogen (secondary N) is 2. The first-order valence-electron chi connectivity index (χ1n) is 6.57. The van der Waals surface area contributed by atoms with Gasteiger partial charge in [0.1, 0.15) is 6.54 Å². The lowest BCUT2D eigenvalue weighted by atomic mass is 10.2. The third-order valence-electron chi connectivity index (χ3n) is 3.39. The summed E-state index contributed by atoms with van der Waals surface area (Å²) in [6.07, 6.45) is 7.32. The first-order valence-corrected chi connectivity index (χ1v) is 6.57. The van der Waals surface area contributed by atoms with E-state index in [0.29, 0.717) is 17.9 Å². The summed E-state index contributed by atoms with van der Waals surface area (Å²) in [4.78, 5) is 15.5. The van der Waals surface area contributed by atoms with Crippen molar-refractivity contribution < 1.29 is 4.79 Å². The van der Waals surface area contributed by atoms with E-state index in [1.165, 1.54) is 25.7 Å². The Balaban J connectivity index is 0.00000162. The van der Waals surface area contributed by atoms with Crippen LogP contribution in [0.25, 0.3) is 0 Å². The number of carbonyl (C=O) groups is 1. The highest BCUT2D eigenvalue weighted by molar-refractivity contribution is 14.0. The maximum atomic E-state index is 11.4. The minimum absolute atomic E-state index is 0. The SMILES string of the molecule is I.NC(=NCC(=O)NCC1CC1)NC1CCCC1. The number of nitrogens with zero attached hydrogens (tertiary/aromatic N) is 1. The lowest BCUT2D eigenvalue weighted by Crippen LogP contribution is -2.39. The fourth-order valence-electron chi connectivity index (χ4n) is 2.12. The Kier molecular flexibility index (Phi) is 6.73. The molecule has 0 atom stereocenters. The molecule has 0 spiro atoms. The zero-order chi connectivity index (χ0) is 12.1. The number of nitrogens with two attached hydrogens (primary N) is 1. The molecule has 5 nitrogen and oxygen atoms in total. The standard InChI is InChI=1S/C12H22N4O.HI/c13-12(16-10-3-1-2-4-10)15-8-11(17)14-7-9-5-6-9;/h9-10H,1-8H2,(H,14,17)(H3,13,15,16);1H. The molecular weight excluding hydrogens is 343 g/mol. The van der Waals surface area contributed by atoms with Crippen molar-refractivity contribution in [3.05, 3.63) is 0 Å². The fraction of sp³-hybridized carbons (Fsp3) is 0.833. The number of rotatable bonds is 5. The van der Waals surface area contributed by atoms with Crippen LogP contribution in [0.4, 0.5) is 0 Å². The second-order valence-corrected chi connectivity index (χ2v) is 5.07. The molecule has 2 aliphatic rings. The summed E-state index contributed by atoms with van der Waals surface area (Å²) in [5.41, 5.74) is 5.73. The smallest absolute Gasteiger partial charge is 0.241 e. The summed E-state index contributed by atoms with van der Waals surface area (Å²) < 4.78 is 0. The Morgan fingerprint density at radius 3 is 2.50 bits per heavy atom. The summed E-state index contributed by atoms with van der Waals surface area (Å²) in [6, 6.07) is 0.452. The maximum absolute atomic E-state index is 11.4. The van der Waals surface area contributed by atoms with E-state index in [1.807, 2.05) is 0 Å². The molecule has 0 saturated heterocycles. The molecule has 2 aliphatic carbocycles. The van der Waals surface area contributed by atoms with Gasteiger partial charge in [-0.25, -0.2) is 4.99 Å². The van der Waals surface area contributed by atoms with Gasteiger partial charge in [-0.2, -0.15) is 0 Å². The second-order valence-electron chi connectivity index (χ2n) is 5.07. The molecule has 2 saturated carbocycles. The number of hydrogen-bond acceptors (Lipinski definition) is 2. The van der Waals surface area contributed by atoms with Crippen molar-refractivity contribution in [2.75, 3.05) is 13.1 Å². The average Bonchev–Trinajstić information content (AvgIpc) is 3.01. The molecule has 2 fully saturated rings. The zero-order valence-corrected chi connectivity index (χ0v) is 13.0. The zero-order valence-electron chi connectivity index (χ0n) is 10.7. The van der Waals surface area contributed by atoms with Crippen LogP contribution in [-0.4, -0.2) is 31.0 Å². The molecular formula is C12H23IN4O. The van der Waals surface area contributed by atoms with E-state index in [4.69, 9.17) is 5.73 Å². The molecule has 2 rings (SSSR count). The monoisotopic (exact) mass is 366 g/mol. The Morgan fingerprint density at radius 1 is 1.22 bits per heavy atom. The van der Waals surface area contributed by atoms with E-state index >= 15 is 0 Å². The molecule has 0 aliphatic heterocycles. The minimum Gasteiger partial charge on any atom is -0.370 e. The van der Waals surface area contributed by atoms with Gasteiger partial charge in [-0.3, -0.25) is 4.79 Å². The number of amides is 1. The van der Waals surface area contributed by atoms with Crippen molar-refractivity contribution in [2.45, 2.75) is 44.6 Å². The van der Waals surface area contributed by atoms with Crippen LogP contribution in [0.3, 0.4) is 0 Å². The van der Waals surface area contributed by atoms with Crippen molar-refractivity contribution in [3.8, 4) is 0 Å². The molecule has 18 heavy (non-hydrogen) atoms. The lowest BCUT2D eigenvalue weighted by Gasteiger charge is -2.12. The maximum Gasteiger partial charge on any atom is 0.241 e. The van der Waals surface area contributed by atoms with Gasteiger partial charge in [0.05, 0.1) is 0 Å². The van der Waals surface area contributed by atoms with E-state index < -0.39 is 0 Å². The number of hydrogen-bond donors (Lipinski definition) is 3. The Bertz CT molecular complexity index is 298. The highest BCUT2D eigenvalue weighted by atomic mass is 127. The van der Waals surface area contributed by atoms with Crippen LogP contribution in [0.1, 0.15) is 38.5 Å². The van der Waals surface area contributed by atoms with Crippen molar-refractivity contribution in [1.82, 2.24) is 10.6 Å². The van der Waals surface area contributed by atoms with Crippen LogP contribution in [0.15, 0.2) is 4.99 Å². The van der Waals surface area contributed by atoms with E-state index in [2.05, 4.69) is 15.6 Å². The van der Waals surface area contributed by atoms with Crippen molar-refractivity contribution in [1.29, 1.82) is 0 Å². The number of aliphatic imine (C=N–C) groups is 1. The van der Waals surface area contributed by atoms with Crippen molar-refractivity contribution in [3.63, 3.8) is 0 Å². The average molecular weight is 366 g/mol. The predicted molar refractivity (Wildman–Crippen MR) is 83.0 cm³/mol. The minimum atomic E-state index is -0.0342. The lowest BCUT2D eigenvalue weighted by molar-refractivity contribution is -0.119. The molecule has 0 unspecified atom stereocenters. The van der Waals surface area contributed by atoms with Gasteiger partial charge in [-0.15, -0.1) is 24.0 Å². The molecule has 0 radical (unpaired) electrons. The normalized spacial score (nSPS) is 20.3. The first kappa shape index (κ1) is 15.5. The van der Waals surface area contributed by atoms with E-state index in [0.717, 1.165) is 19.4 Å². The predicted octanol–water partition coefficient (Wildman–Crippen LogP) is 0.977. The van der Waals surface area contributed by atoms with Gasteiger partial charge >= 0.3 is 0 Å². The highest BCUT2D eigenvalue weighted by Crippen LogP contribution is 2.27. The topological polar surface area (TPSA) is 79.5 Å². The van der Waals surface area contributed by atoms with Gasteiger partial charge in [0.25, 0.3) is 0 Å². The number of carbonyl (C=O) groups excluding carboxylic acids is 1. The summed E-state index contributed by atoms with van der Waals surface area (Å²) >= 11 is 0. The number of halogens is 1. The molecule has 104 valence electrons. The van der Waals surface area contributed by atoms with E-state index in [1.54, 1.807) is 0 Å². The molecule has 0 aromatic heterocycles. The van der Waals surface area contributed by atoms with E-state index in [9.17, 15) is 4.79 Å². The molecule has 0 heterocycles. The second kappa shape index (κ2) is 7.81. The quantitative estimate of drug-likeness (QED) is 0.386. The largest absolute Gasteiger partial charge is 0.370 e. The van der Waals surface area contributed by atoms with Crippen LogP contribution >= 0.6 is 24.0 Å². The van der Waals surface area contributed by atoms with Gasteiger partial charge in [0.2, 0.25) is 5.91 Å². The van der Waals surface area contributed by atoms with Gasteiger partial charge in [-0.1, -0.05) is 12.8 Å². The summed E-state index contributed by atoms with van der Waals surface area (Å²) in [7, 11) is 0. The third kappa shape index (κ3) is 5.88. The van der Waals surface area contributed by atoms with Gasteiger partial charge < -0.3 is 16.4 Å². The van der Waals surface area contributed by atoms with Gasteiger partial charge in [0.15, 0.2) is 5.96 Å². The third-order valence-corrected chi connectivity index (χ3v) is 3.39. The van der Waals surface area contributed by atoms with Crippen molar-refractivity contribution >= 4 is 35.8 Å². The summed E-state index contributed by atoms with van der Waals surface area (Å²) in [5, 5.41) is 6.02. The highest BCUT2D eigenvalue weighted by Gasteiger charge is 2.21. The van der Waals surface area contributed by atoms with Crippen LogP contribution in [-0.2, 0) is 4.79 Å². The molecule has 0 bridgehead atoms. The molecule has 0 aromatic rings. The fourth-order valence-corrected chi connectivity index (χ4v) is 2.12. The first-order chi connectivity index (χ1) is 8.24. The molecule has 0 aromatic carbocycles. The van der Waals surface area contributed by atoms with Crippen LogP contribution in [0.5, 0.6) is 0 Å². The molecule has 6 heteroatoms. The van der Waals surface area contributed by atoms with Crippen molar-refractivity contribution in [2.24, 2.45) is 16.6 Å². The number of guanidine groups is 1. The van der Waals surface area contributed by atoms with Gasteiger partial charge in [0, 0.05) is 12.6 Å². The Hall–Kier alpha value is -0.530. The Morgan fingerprint density at radius 2 is 1.89 bits per heavy atom.